The summed E-state index contributed by atoms with van der Waals surface area (Å²) in [6.45, 7) is 3.69. The molecule has 2 rings (SSSR count). The lowest BCUT2D eigenvalue weighted by atomic mass is 10.1. The monoisotopic (exact) mass is 232 g/mol. The molecule has 0 fully saturated rings. The van der Waals surface area contributed by atoms with Gasteiger partial charge in [-0.2, -0.15) is 0 Å². The Bertz CT molecular complexity index is 505. The number of hydrogen-bond acceptors (Lipinski definition) is 2. The van der Waals surface area contributed by atoms with Gasteiger partial charge in [0.05, 0.1) is 6.61 Å². The number of carbonyl (C=O) groups is 1. The highest BCUT2D eigenvalue weighted by Gasteiger charge is 2.05. The second-order valence-electron chi connectivity index (χ2n) is 3.73. The van der Waals surface area contributed by atoms with Gasteiger partial charge in [0, 0.05) is 30.4 Å². The summed E-state index contributed by atoms with van der Waals surface area (Å²) >= 11 is 0. The molecule has 90 valence electrons. The standard InChI is InChI=1S/C13H16N2O2/c1-2-17-8-7-15-13(16)11-4-3-10-5-6-14-12(10)9-11/h3-6,9,14H,2,7-8H2,1H3,(H,15,16). The van der Waals surface area contributed by atoms with Gasteiger partial charge in [-0.3, -0.25) is 4.79 Å². The van der Waals surface area contributed by atoms with Gasteiger partial charge >= 0.3 is 0 Å². The fraction of sp³-hybridized carbons (Fsp3) is 0.308. The van der Waals surface area contributed by atoms with Gasteiger partial charge in [-0.05, 0) is 30.5 Å². The van der Waals surface area contributed by atoms with Crippen LogP contribution in [-0.4, -0.2) is 30.6 Å². The molecule has 2 N–H and O–H groups in total. The van der Waals surface area contributed by atoms with Crippen LogP contribution >= 0.6 is 0 Å². The highest BCUT2D eigenvalue weighted by atomic mass is 16.5. The van der Waals surface area contributed by atoms with E-state index in [1.165, 1.54) is 0 Å². The summed E-state index contributed by atoms with van der Waals surface area (Å²) in [5.41, 5.74) is 1.64. The Morgan fingerprint density at radius 1 is 1.41 bits per heavy atom. The third-order valence-electron chi connectivity index (χ3n) is 2.55. The molecule has 0 radical (unpaired) electrons. The molecule has 0 aliphatic rings. The average Bonchev–Trinajstić information content (AvgIpc) is 2.81. The number of carbonyl (C=O) groups excluding carboxylic acids is 1. The number of benzene rings is 1. The molecule has 1 aromatic carbocycles. The lowest BCUT2D eigenvalue weighted by Crippen LogP contribution is -2.27. The molecule has 1 aromatic heterocycles. The van der Waals surface area contributed by atoms with E-state index in [0.29, 0.717) is 25.3 Å². The van der Waals surface area contributed by atoms with Gasteiger partial charge in [0.25, 0.3) is 5.91 Å². The largest absolute Gasteiger partial charge is 0.380 e. The highest BCUT2D eigenvalue weighted by molar-refractivity contribution is 5.97. The zero-order valence-electron chi connectivity index (χ0n) is 9.82. The van der Waals surface area contributed by atoms with Crippen LogP contribution in [0.2, 0.25) is 0 Å². The molecular formula is C13H16N2O2. The van der Waals surface area contributed by atoms with E-state index in [-0.39, 0.29) is 5.91 Å². The predicted octanol–water partition coefficient (Wildman–Crippen LogP) is 1.93. The molecule has 4 nitrogen and oxygen atoms in total. The smallest absolute Gasteiger partial charge is 0.251 e. The van der Waals surface area contributed by atoms with E-state index >= 15 is 0 Å². The van der Waals surface area contributed by atoms with Gasteiger partial charge in [0.15, 0.2) is 0 Å². The van der Waals surface area contributed by atoms with Crippen LogP contribution in [0.15, 0.2) is 30.5 Å². The summed E-state index contributed by atoms with van der Waals surface area (Å²) in [6.07, 6.45) is 1.86. The number of H-pyrrole nitrogens is 1. The van der Waals surface area contributed by atoms with Crippen molar-refractivity contribution in [2.24, 2.45) is 0 Å². The first-order valence-corrected chi connectivity index (χ1v) is 5.74. The van der Waals surface area contributed by atoms with E-state index < -0.39 is 0 Å². The van der Waals surface area contributed by atoms with Crippen LogP contribution in [0.3, 0.4) is 0 Å². The maximum absolute atomic E-state index is 11.8. The Kier molecular flexibility index (Phi) is 3.77. The minimum atomic E-state index is -0.0683. The van der Waals surface area contributed by atoms with Crippen LogP contribution in [-0.2, 0) is 4.74 Å². The maximum atomic E-state index is 11.8. The van der Waals surface area contributed by atoms with Gasteiger partial charge in [-0.25, -0.2) is 0 Å². The summed E-state index contributed by atoms with van der Waals surface area (Å²) in [7, 11) is 0. The van der Waals surface area contributed by atoms with Gasteiger partial charge in [0.1, 0.15) is 0 Å². The van der Waals surface area contributed by atoms with E-state index in [9.17, 15) is 4.79 Å². The Balaban J connectivity index is 1.98. The van der Waals surface area contributed by atoms with Crippen LogP contribution in [0.25, 0.3) is 10.9 Å². The van der Waals surface area contributed by atoms with Crippen molar-refractivity contribution in [2.75, 3.05) is 19.8 Å². The summed E-state index contributed by atoms with van der Waals surface area (Å²) in [5.74, 6) is -0.0683. The third-order valence-corrected chi connectivity index (χ3v) is 2.55. The molecule has 0 bridgehead atoms. The first-order chi connectivity index (χ1) is 8.31. The van der Waals surface area contributed by atoms with E-state index in [1.54, 1.807) is 0 Å². The molecule has 0 unspecified atom stereocenters. The van der Waals surface area contributed by atoms with Gasteiger partial charge in [-0.1, -0.05) is 6.07 Å². The lowest BCUT2D eigenvalue weighted by molar-refractivity contribution is 0.0922. The molecule has 0 aliphatic heterocycles. The minimum absolute atomic E-state index is 0.0683. The van der Waals surface area contributed by atoms with Crippen molar-refractivity contribution in [1.82, 2.24) is 10.3 Å². The zero-order valence-corrected chi connectivity index (χ0v) is 9.82. The summed E-state index contributed by atoms with van der Waals surface area (Å²) in [6, 6.07) is 7.59. The quantitative estimate of drug-likeness (QED) is 0.774. The van der Waals surface area contributed by atoms with Crippen LogP contribution in [0, 0.1) is 0 Å². The Morgan fingerprint density at radius 2 is 2.29 bits per heavy atom. The average molecular weight is 232 g/mol. The topological polar surface area (TPSA) is 54.1 Å². The maximum Gasteiger partial charge on any atom is 0.251 e. The molecule has 1 heterocycles. The predicted molar refractivity (Wildman–Crippen MR) is 67.1 cm³/mol. The molecule has 1 amide bonds. The van der Waals surface area contributed by atoms with Crippen molar-refractivity contribution in [3.05, 3.63) is 36.0 Å². The van der Waals surface area contributed by atoms with Gasteiger partial charge in [-0.15, -0.1) is 0 Å². The number of rotatable bonds is 5. The molecule has 0 atom stereocenters. The first-order valence-electron chi connectivity index (χ1n) is 5.74. The van der Waals surface area contributed by atoms with Crippen molar-refractivity contribution in [3.63, 3.8) is 0 Å². The number of hydrogen-bond donors (Lipinski definition) is 2. The third kappa shape index (κ3) is 2.85. The Hall–Kier alpha value is -1.81. The van der Waals surface area contributed by atoms with Crippen molar-refractivity contribution in [2.45, 2.75) is 6.92 Å². The minimum Gasteiger partial charge on any atom is -0.380 e. The highest BCUT2D eigenvalue weighted by Crippen LogP contribution is 2.13. The molecule has 0 spiro atoms. The normalized spacial score (nSPS) is 10.6. The molecule has 0 saturated heterocycles. The number of aromatic amines is 1. The second-order valence-corrected chi connectivity index (χ2v) is 3.73. The number of ether oxygens (including phenoxy) is 1. The second kappa shape index (κ2) is 5.50. The van der Waals surface area contributed by atoms with E-state index in [1.807, 2.05) is 37.4 Å². The number of amides is 1. The van der Waals surface area contributed by atoms with Crippen LogP contribution in [0.4, 0.5) is 0 Å². The van der Waals surface area contributed by atoms with Crippen molar-refractivity contribution in [3.8, 4) is 0 Å². The first kappa shape index (κ1) is 11.7. The molecular weight excluding hydrogens is 216 g/mol. The molecule has 2 aromatic rings. The summed E-state index contributed by atoms with van der Waals surface area (Å²) in [4.78, 5) is 14.9. The van der Waals surface area contributed by atoms with Crippen molar-refractivity contribution in [1.29, 1.82) is 0 Å². The fourth-order valence-corrected chi connectivity index (χ4v) is 1.67. The van der Waals surface area contributed by atoms with E-state index in [0.717, 1.165) is 10.9 Å². The molecule has 0 saturated carbocycles. The van der Waals surface area contributed by atoms with Gasteiger partial charge < -0.3 is 15.0 Å². The Morgan fingerprint density at radius 3 is 3.12 bits per heavy atom. The fourth-order valence-electron chi connectivity index (χ4n) is 1.67. The number of fused-ring (bicyclic) bond motifs is 1. The van der Waals surface area contributed by atoms with Gasteiger partial charge in [0.2, 0.25) is 0 Å². The Labute approximate surface area is 100.0 Å². The van der Waals surface area contributed by atoms with Crippen LogP contribution in [0.5, 0.6) is 0 Å². The van der Waals surface area contributed by atoms with Crippen LogP contribution < -0.4 is 5.32 Å². The SMILES string of the molecule is CCOCCNC(=O)c1ccc2cc[nH]c2c1. The number of aromatic nitrogens is 1. The molecule has 0 aliphatic carbocycles. The van der Waals surface area contributed by atoms with Crippen LogP contribution in [0.1, 0.15) is 17.3 Å². The zero-order chi connectivity index (χ0) is 12.1. The van der Waals surface area contributed by atoms with Crippen molar-refractivity contribution < 1.29 is 9.53 Å². The lowest BCUT2D eigenvalue weighted by Gasteiger charge is -2.05. The molecule has 17 heavy (non-hydrogen) atoms. The van der Waals surface area contributed by atoms with E-state index in [4.69, 9.17) is 4.74 Å². The van der Waals surface area contributed by atoms with E-state index in [2.05, 4.69) is 10.3 Å². The number of nitrogens with one attached hydrogen (secondary N) is 2. The molecule has 4 heteroatoms. The van der Waals surface area contributed by atoms with Crippen molar-refractivity contribution >= 4 is 16.8 Å². The summed E-state index contributed by atoms with van der Waals surface area (Å²) < 4.78 is 5.16. The summed E-state index contributed by atoms with van der Waals surface area (Å²) in [5, 5.41) is 3.92.